The molecule has 1 aliphatic rings. The van der Waals surface area contributed by atoms with E-state index in [1.54, 1.807) is 6.20 Å². The lowest BCUT2D eigenvalue weighted by atomic mass is 10.1. The van der Waals surface area contributed by atoms with Gasteiger partial charge in [0.25, 0.3) is 0 Å². The monoisotopic (exact) mass is 326 g/mol. The molecule has 1 fully saturated rings. The van der Waals surface area contributed by atoms with Gasteiger partial charge in [0.2, 0.25) is 5.91 Å². The van der Waals surface area contributed by atoms with Gasteiger partial charge in [0, 0.05) is 29.6 Å². The van der Waals surface area contributed by atoms with Crippen molar-refractivity contribution in [2.24, 2.45) is 5.92 Å². The van der Waals surface area contributed by atoms with Crippen LogP contribution in [0, 0.1) is 38.0 Å². The minimum Gasteiger partial charge on any atom is -0.309 e. The lowest BCUT2D eigenvalue weighted by Crippen LogP contribution is -2.16. The zero-order chi connectivity index (χ0) is 17.3. The highest BCUT2D eigenvalue weighted by Crippen LogP contribution is 2.31. The lowest BCUT2D eigenvalue weighted by molar-refractivity contribution is -0.115. The fourth-order valence-electron chi connectivity index (χ4n) is 2.85. The summed E-state index contributed by atoms with van der Waals surface area (Å²) < 4.78 is 3.55. The van der Waals surface area contributed by atoms with Gasteiger partial charge in [0.15, 0.2) is 5.82 Å². The molecule has 0 saturated heterocycles. The van der Waals surface area contributed by atoms with E-state index >= 15 is 0 Å². The molecule has 0 aromatic carbocycles. The van der Waals surface area contributed by atoms with Gasteiger partial charge >= 0.3 is 0 Å². The largest absolute Gasteiger partial charge is 0.309 e. The van der Waals surface area contributed by atoms with Crippen molar-refractivity contribution in [1.29, 1.82) is 5.26 Å². The normalized spacial score (nSPS) is 13.8. The van der Waals surface area contributed by atoms with Crippen molar-refractivity contribution in [2.45, 2.75) is 53.1 Å². The molecule has 0 aliphatic heterocycles. The van der Waals surface area contributed by atoms with Crippen molar-refractivity contribution in [3.8, 4) is 6.07 Å². The van der Waals surface area contributed by atoms with Crippen molar-refractivity contribution in [3.05, 3.63) is 28.7 Å². The molecule has 0 radical (unpaired) electrons. The topological polar surface area (TPSA) is 88.5 Å². The maximum atomic E-state index is 12.4. The van der Waals surface area contributed by atoms with Gasteiger partial charge in [-0.2, -0.15) is 15.5 Å². The van der Waals surface area contributed by atoms with Gasteiger partial charge in [-0.25, -0.2) is 0 Å². The summed E-state index contributed by atoms with van der Waals surface area (Å²) >= 11 is 0. The van der Waals surface area contributed by atoms with Crippen LogP contribution in [-0.4, -0.2) is 25.5 Å². The van der Waals surface area contributed by atoms with Gasteiger partial charge in [0.05, 0.1) is 18.2 Å². The van der Waals surface area contributed by atoms with Crippen LogP contribution in [0.4, 0.5) is 5.82 Å². The SMILES string of the molecule is Cc1cn(CC#N)nc1NC(=O)Cc1c(C)nn(CC2CC2)c1C. The van der Waals surface area contributed by atoms with E-state index in [4.69, 9.17) is 5.26 Å². The number of hydrogen-bond donors (Lipinski definition) is 1. The average molecular weight is 326 g/mol. The predicted molar refractivity (Wildman–Crippen MR) is 89.3 cm³/mol. The molecule has 1 N–H and O–H groups in total. The molecule has 126 valence electrons. The van der Waals surface area contributed by atoms with Crippen LogP contribution in [0.25, 0.3) is 0 Å². The number of amides is 1. The van der Waals surface area contributed by atoms with Gasteiger partial charge in [-0.3, -0.25) is 14.2 Å². The van der Waals surface area contributed by atoms with Gasteiger partial charge in [-0.1, -0.05) is 0 Å². The Labute approximate surface area is 141 Å². The van der Waals surface area contributed by atoms with Crippen LogP contribution in [0.15, 0.2) is 6.20 Å². The number of nitrogens with zero attached hydrogens (tertiary/aromatic N) is 5. The number of aromatic nitrogens is 4. The van der Waals surface area contributed by atoms with Gasteiger partial charge in [-0.15, -0.1) is 0 Å². The molecule has 0 spiro atoms. The first-order chi connectivity index (χ1) is 11.5. The molecule has 7 nitrogen and oxygen atoms in total. The average Bonchev–Trinajstić information content (AvgIpc) is 3.22. The second-order valence-corrected chi connectivity index (χ2v) is 6.52. The highest BCUT2D eigenvalue weighted by Gasteiger charge is 2.24. The molecule has 1 amide bonds. The Morgan fingerprint density at radius 3 is 2.79 bits per heavy atom. The molecule has 2 heterocycles. The van der Waals surface area contributed by atoms with Gasteiger partial charge < -0.3 is 5.32 Å². The first-order valence-electron chi connectivity index (χ1n) is 8.21. The van der Waals surface area contributed by atoms with Crippen LogP contribution < -0.4 is 5.32 Å². The van der Waals surface area contributed by atoms with Crippen LogP contribution >= 0.6 is 0 Å². The minimum absolute atomic E-state index is 0.113. The van der Waals surface area contributed by atoms with E-state index in [-0.39, 0.29) is 18.9 Å². The van der Waals surface area contributed by atoms with Crippen molar-refractivity contribution < 1.29 is 4.79 Å². The van der Waals surface area contributed by atoms with Crippen LogP contribution in [0.3, 0.4) is 0 Å². The zero-order valence-corrected chi connectivity index (χ0v) is 14.3. The number of nitriles is 1. The summed E-state index contributed by atoms with van der Waals surface area (Å²) in [5, 5.41) is 20.4. The maximum Gasteiger partial charge on any atom is 0.230 e. The number of aryl methyl sites for hydroxylation is 2. The van der Waals surface area contributed by atoms with Crippen molar-refractivity contribution in [2.75, 3.05) is 5.32 Å². The molecule has 1 aliphatic carbocycles. The molecule has 3 rings (SSSR count). The van der Waals surface area contributed by atoms with Crippen molar-refractivity contribution in [1.82, 2.24) is 19.6 Å². The summed E-state index contributed by atoms with van der Waals surface area (Å²) in [6.07, 6.45) is 4.59. The first kappa shape index (κ1) is 16.2. The second-order valence-electron chi connectivity index (χ2n) is 6.52. The highest BCUT2D eigenvalue weighted by molar-refractivity contribution is 5.92. The fourth-order valence-corrected chi connectivity index (χ4v) is 2.85. The van der Waals surface area contributed by atoms with E-state index < -0.39 is 0 Å². The fraction of sp³-hybridized carbons (Fsp3) is 0.529. The molecule has 2 aromatic heterocycles. The number of anilines is 1. The standard InChI is InChI=1S/C17H22N6O/c1-11-9-22(7-6-18)21-17(11)19-16(24)8-15-12(2)20-23(13(15)3)10-14-4-5-14/h9,14H,4-5,7-8,10H2,1-3H3,(H,19,21,24). The van der Waals surface area contributed by atoms with Crippen molar-refractivity contribution >= 4 is 11.7 Å². The second kappa shape index (κ2) is 6.48. The number of hydrogen-bond acceptors (Lipinski definition) is 4. The molecular formula is C17H22N6O. The summed E-state index contributed by atoms with van der Waals surface area (Å²) in [5.74, 6) is 1.14. The zero-order valence-electron chi connectivity index (χ0n) is 14.3. The Morgan fingerprint density at radius 2 is 2.12 bits per heavy atom. The quantitative estimate of drug-likeness (QED) is 0.880. The molecule has 7 heteroatoms. The van der Waals surface area contributed by atoms with E-state index in [0.29, 0.717) is 5.82 Å². The van der Waals surface area contributed by atoms with Gasteiger partial charge in [0.1, 0.15) is 6.54 Å². The predicted octanol–water partition coefficient (Wildman–Crippen LogP) is 2.12. The Hall–Kier alpha value is -2.62. The molecule has 2 aromatic rings. The summed E-state index contributed by atoms with van der Waals surface area (Å²) in [5.41, 5.74) is 3.81. The number of carbonyl (C=O) groups is 1. The van der Waals surface area contributed by atoms with Gasteiger partial charge in [-0.05, 0) is 39.5 Å². The Morgan fingerprint density at radius 1 is 1.38 bits per heavy atom. The van der Waals surface area contributed by atoms with Crippen LogP contribution in [0.1, 0.15) is 35.4 Å². The lowest BCUT2D eigenvalue weighted by Gasteiger charge is -2.05. The molecule has 0 unspecified atom stereocenters. The Bertz CT molecular complexity index is 806. The number of rotatable bonds is 6. The minimum atomic E-state index is -0.113. The highest BCUT2D eigenvalue weighted by atomic mass is 16.1. The maximum absolute atomic E-state index is 12.4. The molecular weight excluding hydrogens is 304 g/mol. The Kier molecular flexibility index (Phi) is 4.38. The van der Waals surface area contributed by atoms with Crippen LogP contribution in [-0.2, 0) is 24.3 Å². The van der Waals surface area contributed by atoms with E-state index in [2.05, 4.69) is 15.5 Å². The third-order valence-corrected chi connectivity index (χ3v) is 4.43. The molecule has 0 bridgehead atoms. The third-order valence-electron chi connectivity index (χ3n) is 4.43. The number of carbonyl (C=O) groups excluding carboxylic acids is 1. The van der Waals surface area contributed by atoms with Crippen LogP contribution in [0.2, 0.25) is 0 Å². The Balaban J connectivity index is 1.68. The summed E-state index contributed by atoms with van der Waals surface area (Å²) in [7, 11) is 0. The van der Waals surface area contributed by atoms with Crippen LogP contribution in [0.5, 0.6) is 0 Å². The van der Waals surface area contributed by atoms with E-state index in [9.17, 15) is 4.79 Å². The summed E-state index contributed by atoms with van der Waals surface area (Å²) in [6.45, 7) is 6.96. The third kappa shape index (κ3) is 3.48. The molecule has 1 saturated carbocycles. The molecule has 24 heavy (non-hydrogen) atoms. The summed E-state index contributed by atoms with van der Waals surface area (Å²) in [6, 6.07) is 2.03. The summed E-state index contributed by atoms with van der Waals surface area (Å²) in [4.78, 5) is 12.4. The smallest absolute Gasteiger partial charge is 0.230 e. The van der Waals surface area contributed by atoms with Crippen molar-refractivity contribution in [3.63, 3.8) is 0 Å². The van der Waals surface area contributed by atoms with E-state index in [1.165, 1.54) is 17.5 Å². The van der Waals surface area contributed by atoms with E-state index in [1.807, 2.05) is 31.5 Å². The molecule has 0 atom stereocenters. The van der Waals surface area contributed by atoms with E-state index in [0.717, 1.165) is 35.0 Å². The first-order valence-corrected chi connectivity index (χ1v) is 8.21. The number of nitrogens with one attached hydrogen (secondary N) is 1.